The summed E-state index contributed by atoms with van der Waals surface area (Å²) >= 11 is 0. The topological polar surface area (TPSA) is 81.6 Å². The summed E-state index contributed by atoms with van der Waals surface area (Å²) in [7, 11) is 0. The third-order valence-corrected chi connectivity index (χ3v) is 3.08. The molecule has 0 saturated heterocycles. The smallest absolute Gasteiger partial charge is 0.251 e. The van der Waals surface area contributed by atoms with Gasteiger partial charge in [-0.25, -0.2) is 0 Å². The second-order valence-corrected chi connectivity index (χ2v) is 4.44. The zero-order valence-corrected chi connectivity index (χ0v) is 10.1. The maximum absolute atomic E-state index is 11.9. The molecular formula is C13H18N2O3. The number of aliphatic hydroxyl groups excluding tert-OH is 2. The van der Waals surface area contributed by atoms with Gasteiger partial charge in [-0.15, -0.1) is 0 Å². The number of benzene rings is 1. The van der Waals surface area contributed by atoms with Crippen LogP contribution < -0.4 is 10.6 Å². The fraction of sp³-hybridized carbons (Fsp3) is 0.462. The average Bonchev–Trinajstić information content (AvgIpc) is 2.44. The molecule has 0 saturated carbocycles. The summed E-state index contributed by atoms with van der Waals surface area (Å²) in [5, 5.41) is 23.7. The molecule has 1 heterocycles. The minimum atomic E-state index is -0.605. The fourth-order valence-electron chi connectivity index (χ4n) is 2.03. The number of amides is 1. The van der Waals surface area contributed by atoms with Crippen molar-refractivity contribution in [3.63, 3.8) is 0 Å². The van der Waals surface area contributed by atoms with Crippen molar-refractivity contribution >= 4 is 11.6 Å². The Morgan fingerprint density at radius 3 is 2.89 bits per heavy atom. The van der Waals surface area contributed by atoms with Gasteiger partial charge in [-0.3, -0.25) is 4.79 Å². The van der Waals surface area contributed by atoms with Crippen molar-refractivity contribution in [1.82, 2.24) is 5.32 Å². The van der Waals surface area contributed by atoms with E-state index in [1.807, 2.05) is 12.1 Å². The molecule has 1 amide bonds. The summed E-state index contributed by atoms with van der Waals surface area (Å²) in [4.78, 5) is 11.9. The number of anilines is 1. The molecule has 2 rings (SSSR count). The lowest BCUT2D eigenvalue weighted by molar-refractivity contribution is 0.0879. The fourth-order valence-corrected chi connectivity index (χ4v) is 2.03. The molecule has 0 spiro atoms. The monoisotopic (exact) mass is 250 g/mol. The quantitative estimate of drug-likeness (QED) is 0.612. The normalized spacial score (nSPS) is 13.9. The van der Waals surface area contributed by atoms with Gasteiger partial charge in [-0.05, 0) is 36.6 Å². The molecule has 0 radical (unpaired) electrons. The van der Waals surface area contributed by atoms with Crippen LogP contribution in [0.4, 0.5) is 5.69 Å². The highest BCUT2D eigenvalue weighted by atomic mass is 16.3. The largest absolute Gasteiger partial charge is 0.394 e. The van der Waals surface area contributed by atoms with Gasteiger partial charge in [0, 0.05) is 17.8 Å². The van der Waals surface area contributed by atoms with Gasteiger partial charge in [0.05, 0.1) is 19.3 Å². The second kappa shape index (κ2) is 5.84. The van der Waals surface area contributed by atoms with E-state index in [0.29, 0.717) is 5.56 Å². The van der Waals surface area contributed by atoms with Crippen LogP contribution in [0.1, 0.15) is 22.3 Å². The first-order valence-electron chi connectivity index (χ1n) is 6.14. The zero-order chi connectivity index (χ0) is 13.0. The predicted octanol–water partition coefficient (Wildman–Crippen LogP) is 0.128. The predicted molar refractivity (Wildman–Crippen MR) is 68.7 cm³/mol. The number of aryl methyl sites for hydroxylation is 1. The van der Waals surface area contributed by atoms with Gasteiger partial charge in [0.2, 0.25) is 0 Å². The first-order chi connectivity index (χ1) is 8.74. The van der Waals surface area contributed by atoms with Crippen molar-refractivity contribution in [2.45, 2.75) is 18.9 Å². The number of fused-ring (bicyclic) bond motifs is 1. The molecule has 1 aromatic rings. The van der Waals surface area contributed by atoms with Gasteiger partial charge < -0.3 is 20.8 Å². The van der Waals surface area contributed by atoms with Gasteiger partial charge >= 0.3 is 0 Å². The molecule has 18 heavy (non-hydrogen) atoms. The van der Waals surface area contributed by atoms with Crippen molar-refractivity contribution < 1.29 is 15.0 Å². The first-order valence-corrected chi connectivity index (χ1v) is 6.14. The van der Waals surface area contributed by atoms with Gasteiger partial charge in [0.15, 0.2) is 0 Å². The van der Waals surface area contributed by atoms with Crippen LogP contribution in [0.3, 0.4) is 0 Å². The molecule has 4 N–H and O–H groups in total. The Balaban J connectivity index is 2.11. The lowest BCUT2D eigenvalue weighted by Crippen LogP contribution is -2.40. The van der Waals surface area contributed by atoms with E-state index < -0.39 is 6.04 Å². The third-order valence-electron chi connectivity index (χ3n) is 3.08. The van der Waals surface area contributed by atoms with E-state index in [2.05, 4.69) is 10.6 Å². The van der Waals surface area contributed by atoms with E-state index >= 15 is 0 Å². The number of carbonyl (C=O) groups excluding carboxylic acids is 1. The number of hydrogen-bond donors (Lipinski definition) is 4. The van der Waals surface area contributed by atoms with Crippen molar-refractivity contribution in [1.29, 1.82) is 0 Å². The molecule has 98 valence electrons. The summed E-state index contributed by atoms with van der Waals surface area (Å²) in [6.07, 6.45) is 2.03. The number of nitrogens with one attached hydrogen (secondary N) is 2. The summed E-state index contributed by atoms with van der Waals surface area (Å²) in [5.74, 6) is -0.267. The Kier molecular flexibility index (Phi) is 4.17. The number of carbonyl (C=O) groups is 1. The van der Waals surface area contributed by atoms with Crippen LogP contribution in [-0.2, 0) is 6.42 Å². The Bertz CT molecular complexity index is 430. The average molecular weight is 250 g/mol. The Hall–Kier alpha value is -1.59. The summed E-state index contributed by atoms with van der Waals surface area (Å²) in [6, 6.07) is 4.91. The maximum atomic E-state index is 11.9. The van der Waals surface area contributed by atoms with Crippen LogP contribution >= 0.6 is 0 Å². The summed E-state index contributed by atoms with van der Waals surface area (Å²) in [5.41, 5.74) is 2.78. The Labute approximate surface area is 106 Å². The van der Waals surface area contributed by atoms with Crippen LogP contribution in [0.2, 0.25) is 0 Å². The molecule has 0 bridgehead atoms. The van der Waals surface area contributed by atoms with Crippen molar-refractivity contribution in [3.05, 3.63) is 29.3 Å². The van der Waals surface area contributed by atoms with Crippen molar-refractivity contribution in [2.24, 2.45) is 0 Å². The third kappa shape index (κ3) is 2.80. The Morgan fingerprint density at radius 1 is 1.39 bits per heavy atom. The van der Waals surface area contributed by atoms with E-state index in [1.165, 1.54) is 0 Å². The molecule has 1 aliphatic rings. The van der Waals surface area contributed by atoms with Crippen LogP contribution in [0.25, 0.3) is 0 Å². The van der Waals surface area contributed by atoms with Gasteiger partial charge in [0.1, 0.15) is 0 Å². The van der Waals surface area contributed by atoms with E-state index in [4.69, 9.17) is 10.2 Å². The number of rotatable bonds is 4. The molecule has 5 nitrogen and oxygen atoms in total. The number of hydrogen-bond acceptors (Lipinski definition) is 4. The lowest BCUT2D eigenvalue weighted by atomic mass is 10.0. The molecule has 5 heteroatoms. The summed E-state index contributed by atoms with van der Waals surface area (Å²) < 4.78 is 0. The first kappa shape index (κ1) is 12.9. The molecule has 0 fully saturated rings. The van der Waals surface area contributed by atoms with E-state index in [1.54, 1.807) is 6.07 Å². The van der Waals surface area contributed by atoms with Crippen LogP contribution in [-0.4, -0.2) is 41.9 Å². The second-order valence-electron chi connectivity index (χ2n) is 4.44. The molecule has 0 aromatic heterocycles. The van der Waals surface area contributed by atoms with Crippen molar-refractivity contribution in [2.75, 3.05) is 25.1 Å². The van der Waals surface area contributed by atoms with Crippen LogP contribution in [0.5, 0.6) is 0 Å². The molecule has 0 atom stereocenters. The molecule has 0 aliphatic carbocycles. The van der Waals surface area contributed by atoms with Crippen molar-refractivity contribution in [3.8, 4) is 0 Å². The van der Waals surface area contributed by atoms with Gasteiger partial charge in [-0.1, -0.05) is 0 Å². The highest BCUT2D eigenvalue weighted by Gasteiger charge is 2.15. The minimum Gasteiger partial charge on any atom is -0.394 e. The Morgan fingerprint density at radius 2 is 2.17 bits per heavy atom. The summed E-state index contributed by atoms with van der Waals surface area (Å²) in [6.45, 7) is 0.430. The maximum Gasteiger partial charge on any atom is 0.251 e. The molecule has 1 aromatic carbocycles. The van der Waals surface area contributed by atoms with E-state index in [0.717, 1.165) is 30.6 Å². The van der Waals surface area contributed by atoms with E-state index in [9.17, 15) is 4.79 Å². The van der Waals surface area contributed by atoms with Gasteiger partial charge in [-0.2, -0.15) is 0 Å². The van der Waals surface area contributed by atoms with E-state index in [-0.39, 0.29) is 19.1 Å². The zero-order valence-electron chi connectivity index (χ0n) is 10.1. The minimum absolute atomic E-state index is 0.267. The highest BCUT2D eigenvalue weighted by molar-refractivity contribution is 5.95. The molecule has 1 aliphatic heterocycles. The lowest BCUT2D eigenvalue weighted by Gasteiger charge is -2.19. The van der Waals surface area contributed by atoms with Gasteiger partial charge in [0.25, 0.3) is 5.91 Å². The SMILES string of the molecule is O=C(NC(CO)CO)c1ccc2c(c1)CCCN2. The standard InChI is InChI=1S/C13H18N2O3/c16-7-11(8-17)15-13(18)10-3-4-12-9(6-10)2-1-5-14-12/h3-4,6,11,14,16-17H,1-2,5,7-8H2,(H,15,18). The molecular weight excluding hydrogens is 232 g/mol. The highest BCUT2D eigenvalue weighted by Crippen LogP contribution is 2.22. The molecule has 0 unspecified atom stereocenters. The van der Waals surface area contributed by atoms with Crippen LogP contribution in [0, 0.1) is 0 Å². The van der Waals surface area contributed by atoms with Crippen LogP contribution in [0.15, 0.2) is 18.2 Å². The number of aliphatic hydroxyl groups is 2.